The van der Waals surface area contributed by atoms with Crippen LogP contribution in [0.15, 0.2) is 48.5 Å². The van der Waals surface area contributed by atoms with Crippen molar-refractivity contribution in [1.29, 1.82) is 0 Å². The molecule has 0 aliphatic heterocycles. The topological polar surface area (TPSA) is 74.5 Å². The minimum absolute atomic E-state index is 0.0656. The van der Waals surface area contributed by atoms with Gasteiger partial charge in [0, 0.05) is 11.5 Å². The van der Waals surface area contributed by atoms with E-state index in [1.165, 1.54) is 25.3 Å². The summed E-state index contributed by atoms with van der Waals surface area (Å²) in [7, 11) is 1.35. The fourth-order valence-electron chi connectivity index (χ4n) is 2.55. The van der Waals surface area contributed by atoms with Crippen LogP contribution in [-0.2, 0) is 0 Å². The van der Waals surface area contributed by atoms with Crippen LogP contribution in [0.4, 0.5) is 14.5 Å². The Kier molecular flexibility index (Phi) is 5.25. The van der Waals surface area contributed by atoms with E-state index in [0.717, 1.165) is 0 Å². The van der Waals surface area contributed by atoms with E-state index in [9.17, 15) is 18.9 Å². The highest BCUT2D eigenvalue weighted by Gasteiger charge is 2.13. The van der Waals surface area contributed by atoms with Crippen molar-refractivity contribution >= 4 is 28.7 Å². The fourth-order valence-corrected chi connectivity index (χ4v) is 2.55. The van der Waals surface area contributed by atoms with Crippen LogP contribution in [-0.4, -0.2) is 23.6 Å². The van der Waals surface area contributed by atoms with Crippen LogP contribution in [0.25, 0.3) is 23.1 Å². The summed E-state index contributed by atoms with van der Waals surface area (Å²) in [6.07, 6.45) is 3.36. The van der Waals surface area contributed by atoms with Gasteiger partial charge in [0.25, 0.3) is 5.69 Å². The molecule has 8 heteroatoms. The lowest BCUT2D eigenvalue weighted by Crippen LogP contribution is -2.03. The molecule has 2 aromatic carbocycles. The first kappa shape index (κ1) is 18.2. The van der Waals surface area contributed by atoms with Crippen LogP contribution < -0.4 is 9.47 Å². The number of nitro benzene ring substituents is 1. The van der Waals surface area contributed by atoms with E-state index in [0.29, 0.717) is 22.2 Å². The summed E-state index contributed by atoms with van der Waals surface area (Å²) in [5.74, 6) is 0.101. The third-order valence-electron chi connectivity index (χ3n) is 3.77. The van der Waals surface area contributed by atoms with Gasteiger partial charge < -0.3 is 9.47 Å². The van der Waals surface area contributed by atoms with Crippen molar-refractivity contribution in [2.24, 2.45) is 0 Å². The number of hydrogen-bond donors (Lipinski definition) is 0. The first-order chi connectivity index (χ1) is 13.0. The molecule has 0 bridgehead atoms. The first-order valence-corrected chi connectivity index (χ1v) is 7.83. The molecule has 1 aromatic heterocycles. The zero-order chi connectivity index (χ0) is 19.4. The predicted molar refractivity (Wildman–Crippen MR) is 97.0 cm³/mol. The number of ether oxygens (including phenoxy) is 2. The van der Waals surface area contributed by atoms with Crippen molar-refractivity contribution in [3.8, 4) is 11.5 Å². The predicted octanol–water partition coefficient (Wildman–Crippen LogP) is 4.92. The summed E-state index contributed by atoms with van der Waals surface area (Å²) in [5.41, 5.74) is 1.41. The maximum atomic E-state index is 12.4. The molecule has 0 fully saturated rings. The Labute approximate surface area is 152 Å². The molecule has 1 heterocycles. The summed E-state index contributed by atoms with van der Waals surface area (Å²) >= 11 is 0. The number of rotatable bonds is 6. The van der Waals surface area contributed by atoms with Gasteiger partial charge in [-0.05, 0) is 29.8 Å². The van der Waals surface area contributed by atoms with Gasteiger partial charge in [0.2, 0.25) is 0 Å². The molecule has 0 N–H and O–H groups in total. The van der Waals surface area contributed by atoms with Crippen LogP contribution in [0.2, 0.25) is 0 Å². The molecule has 3 aromatic rings. The van der Waals surface area contributed by atoms with Crippen molar-refractivity contribution in [1.82, 2.24) is 4.98 Å². The Morgan fingerprint density at radius 2 is 1.93 bits per heavy atom. The van der Waals surface area contributed by atoms with Gasteiger partial charge in [0.1, 0.15) is 5.52 Å². The number of halogens is 2. The second-order valence-corrected chi connectivity index (χ2v) is 5.46. The number of nitrogens with zero attached hydrogens (tertiary/aromatic N) is 2. The Hall–Kier alpha value is -3.55. The lowest BCUT2D eigenvalue weighted by molar-refractivity contribution is -0.383. The zero-order valence-corrected chi connectivity index (χ0v) is 14.1. The number of alkyl halides is 2. The molecule has 0 amide bonds. The SMILES string of the molecule is COc1cc(C=Cc2ccc3cccc([N+](=O)[O-])c3n2)ccc1OC(F)F. The van der Waals surface area contributed by atoms with Crippen LogP contribution >= 0.6 is 0 Å². The Balaban J connectivity index is 1.91. The number of aromatic nitrogens is 1. The maximum absolute atomic E-state index is 12.4. The molecule has 0 atom stereocenters. The molecule has 0 saturated heterocycles. The third-order valence-corrected chi connectivity index (χ3v) is 3.77. The van der Waals surface area contributed by atoms with Gasteiger partial charge in [0.05, 0.1) is 17.7 Å². The molecule has 0 spiro atoms. The Morgan fingerprint density at radius 1 is 1.11 bits per heavy atom. The average molecular weight is 372 g/mol. The van der Waals surface area contributed by atoms with E-state index in [4.69, 9.17) is 4.74 Å². The summed E-state index contributed by atoms with van der Waals surface area (Å²) in [5, 5.41) is 11.8. The molecule has 0 unspecified atom stereocenters. The third kappa shape index (κ3) is 4.17. The van der Waals surface area contributed by atoms with Gasteiger partial charge in [-0.1, -0.05) is 30.3 Å². The van der Waals surface area contributed by atoms with Gasteiger partial charge in [-0.15, -0.1) is 0 Å². The Morgan fingerprint density at radius 3 is 2.63 bits per heavy atom. The number of hydrogen-bond acceptors (Lipinski definition) is 5. The van der Waals surface area contributed by atoms with Crippen molar-refractivity contribution in [2.45, 2.75) is 6.61 Å². The number of non-ortho nitro benzene ring substituents is 1. The zero-order valence-electron chi connectivity index (χ0n) is 14.1. The van der Waals surface area contributed by atoms with Gasteiger partial charge in [-0.3, -0.25) is 10.1 Å². The molecule has 3 rings (SSSR count). The fraction of sp³-hybridized carbons (Fsp3) is 0.105. The second-order valence-electron chi connectivity index (χ2n) is 5.46. The summed E-state index contributed by atoms with van der Waals surface area (Å²) in [6, 6.07) is 12.7. The van der Waals surface area contributed by atoms with Crippen LogP contribution in [0.3, 0.4) is 0 Å². The molecule has 6 nitrogen and oxygen atoms in total. The van der Waals surface area contributed by atoms with Gasteiger partial charge in [-0.2, -0.15) is 8.78 Å². The highest BCUT2D eigenvalue weighted by atomic mass is 19.3. The maximum Gasteiger partial charge on any atom is 0.387 e. The van der Waals surface area contributed by atoms with Crippen molar-refractivity contribution in [3.05, 3.63) is 69.9 Å². The standard InChI is InChI=1S/C19H14F2N2O4/c1-26-17-11-12(6-10-16(17)27-19(20)21)5-8-14-9-7-13-3-2-4-15(23(24)25)18(13)22-14/h2-11,19H,1H3. The molecule has 138 valence electrons. The number of para-hydroxylation sites is 1. The normalized spacial score (nSPS) is 11.3. The molecule has 0 saturated carbocycles. The first-order valence-electron chi connectivity index (χ1n) is 7.83. The molecule has 27 heavy (non-hydrogen) atoms. The summed E-state index contributed by atoms with van der Waals surface area (Å²) < 4.78 is 34.2. The highest BCUT2D eigenvalue weighted by molar-refractivity contribution is 5.88. The van der Waals surface area contributed by atoms with Gasteiger partial charge >= 0.3 is 6.61 Å². The smallest absolute Gasteiger partial charge is 0.387 e. The number of fused-ring (bicyclic) bond motifs is 1. The number of pyridine rings is 1. The molecular weight excluding hydrogens is 358 g/mol. The number of benzene rings is 2. The van der Waals surface area contributed by atoms with E-state index in [-0.39, 0.29) is 17.2 Å². The van der Waals surface area contributed by atoms with E-state index in [1.807, 2.05) is 0 Å². The minimum Gasteiger partial charge on any atom is -0.493 e. The summed E-state index contributed by atoms with van der Waals surface area (Å²) in [4.78, 5) is 15.0. The second kappa shape index (κ2) is 7.77. The van der Waals surface area contributed by atoms with E-state index >= 15 is 0 Å². The molecule has 0 aliphatic rings. The van der Waals surface area contributed by atoms with Crippen LogP contribution in [0, 0.1) is 10.1 Å². The monoisotopic (exact) mass is 372 g/mol. The number of methoxy groups -OCH3 is 1. The minimum atomic E-state index is -2.95. The average Bonchev–Trinajstić information content (AvgIpc) is 2.66. The van der Waals surface area contributed by atoms with E-state index in [1.54, 1.807) is 42.5 Å². The molecular formula is C19H14F2N2O4. The van der Waals surface area contributed by atoms with Gasteiger partial charge in [-0.25, -0.2) is 4.98 Å². The van der Waals surface area contributed by atoms with Crippen LogP contribution in [0.1, 0.15) is 11.3 Å². The summed E-state index contributed by atoms with van der Waals surface area (Å²) in [6.45, 7) is -2.95. The molecule has 0 radical (unpaired) electrons. The van der Waals surface area contributed by atoms with Crippen molar-refractivity contribution in [2.75, 3.05) is 7.11 Å². The van der Waals surface area contributed by atoms with E-state index in [2.05, 4.69) is 9.72 Å². The van der Waals surface area contributed by atoms with E-state index < -0.39 is 11.5 Å². The van der Waals surface area contributed by atoms with Crippen molar-refractivity contribution in [3.63, 3.8) is 0 Å². The van der Waals surface area contributed by atoms with Crippen molar-refractivity contribution < 1.29 is 23.2 Å². The number of nitro groups is 1. The lowest BCUT2D eigenvalue weighted by atomic mass is 10.1. The largest absolute Gasteiger partial charge is 0.493 e. The Bertz CT molecular complexity index is 1020. The van der Waals surface area contributed by atoms with Gasteiger partial charge in [0.15, 0.2) is 11.5 Å². The van der Waals surface area contributed by atoms with Crippen LogP contribution in [0.5, 0.6) is 11.5 Å². The lowest BCUT2D eigenvalue weighted by Gasteiger charge is -2.10. The molecule has 0 aliphatic carbocycles. The quantitative estimate of drug-likeness (QED) is 0.453. The highest BCUT2D eigenvalue weighted by Crippen LogP contribution is 2.30.